The highest BCUT2D eigenvalue weighted by Crippen LogP contribution is 2.32. The van der Waals surface area contributed by atoms with Gasteiger partial charge in [-0.15, -0.1) is 0 Å². The molecule has 0 amide bonds. The molecule has 1 aromatic carbocycles. The second-order valence-electron chi connectivity index (χ2n) is 5.44. The van der Waals surface area contributed by atoms with E-state index in [0.717, 1.165) is 31.4 Å². The summed E-state index contributed by atoms with van der Waals surface area (Å²) in [6.45, 7) is 3.47. The van der Waals surface area contributed by atoms with Gasteiger partial charge in [-0.1, -0.05) is 18.1 Å². The van der Waals surface area contributed by atoms with Crippen LogP contribution in [0, 0.1) is 17.1 Å². The van der Waals surface area contributed by atoms with Crippen molar-refractivity contribution in [3.05, 3.63) is 46.9 Å². The first-order chi connectivity index (χ1) is 10.7. The Labute approximate surface area is 128 Å². The summed E-state index contributed by atoms with van der Waals surface area (Å²) in [5.41, 5.74) is 1.21. The standard InChI is InChI=1S/C16H17FN4O/c1-2-15-19-16(20-22-15)14-4-3-7-21(14)10-11-5-6-13(17)8-12(11)9-18/h5-6,8,14H,2-4,7,10H2,1H3/t14-/m1/s1. The summed E-state index contributed by atoms with van der Waals surface area (Å²) in [6.07, 6.45) is 2.73. The second-order valence-corrected chi connectivity index (χ2v) is 5.44. The number of rotatable bonds is 4. The monoisotopic (exact) mass is 300 g/mol. The molecule has 6 heteroatoms. The van der Waals surface area contributed by atoms with Gasteiger partial charge in [0.05, 0.1) is 17.7 Å². The van der Waals surface area contributed by atoms with Crippen LogP contribution in [0.5, 0.6) is 0 Å². The van der Waals surface area contributed by atoms with E-state index in [9.17, 15) is 4.39 Å². The van der Waals surface area contributed by atoms with Gasteiger partial charge in [0.1, 0.15) is 5.82 Å². The van der Waals surface area contributed by atoms with Crippen LogP contribution < -0.4 is 0 Å². The summed E-state index contributed by atoms with van der Waals surface area (Å²) in [7, 11) is 0. The number of halogens is 1. The van der Waals surface area contributed by atoms with Crippen molar-refractivity contribution < 1.29 is 8.91 Å². The van der Waals surface area contributed by atoms with Gasteiger partial charge in [-0.05, 0) is 37.1 Å². The molecule has 1 aliphatic rings. The molecule has 1 fully saturated rings. The van der Waals surface area contributed by atoms with Crippen LogP contribution in [-0.4, -0.2) is 21.6 Å². The number of likely N-dealkylation sites (tertiary alicyclic amines) is 1. The van der Waals surface area contributed by atoms with Crippen molar-refractivity contribution in [3.8, 4) is 6.07 Å². The Morgan fingerprint density at radius 3 is 3.09 bits per heavy atom. The molecule has 1 atom stereocenters. The third-order valence-corrected chi connectivity index (χ3v) is 4.01. The van der Waals surface area contributed by atoms with Crippen LogP contribution in [0.3, 0.4) is 0 Å². The molecule has 0 aliphatic carbocycles. The SMILES string of the molecule is CCc1nc([C@H]2CCCN2Cc2ccc(F)cc2C#N)no1. The average Bonchev–Trinajstić information content (AvgIpc) is 3.17. The topological polar surface area (TPSA) is 66.0 Å². The summed E-state index contributed by atoms with van der Waals surface area (Å²) in [5.74, 6) is 0.959. The molecule has 5 nitrogen and oxygen atoms in total. The lowest BCUT2D eigenvalue weighted by molar-refractivity contribution is 0.234. The van der Waals surface area contributed by atoms with Crippen molar-refractivity contribution >= 4 is 0 Å². The van der Waals surface area contributed by atoms with Gasteiger partial charge in [-0.2, -0.15) is 10.2 Å². The van der Waals surface area contributed by atoms with Gasteiger partial charge in [-0.25, -0.2) is 4.39 Å². The predicted molar refractivity (Wildman–Crippen MR) is 77.2 cm³/mol. The molecule has 2 heterocycles. The predicted octanol–water partition coefficient (Wildman–Crippen LogP) is 2.98. The van der Waals surface area contributed by atoms with Crippen molar-refractivity contribution in [1.29, 1.82) is 5.26 Å². The van der Waals surface area contributed by atoms with Crippen LogP contribution in [0.25, 0.3) is 0 Å². The molecule has 0 spiro atoms. The Morgan fingerprint density at radius 1 is 1.50 bits per heavy atom. The minimum Gasteiger partial charge on any atom is -0.339 e. The molecule has 114 valence electrons. The van der Waals surface area contributed by atoms with Crippen molar-refractivity contribution in [2.45, 2.75) is 38.8 Å². The van der Waals surface area contributed by atoms with Gasteiger partial charge in [0.2, 0.25) is 5.89 Å². The lowest BCUT2D eigenvalue weighted by atomic mass is 10.1. The first-order valence-corrected chi connectivity index (χ1v) is 7.46. The number of hydrogen-bond donors (Lipinski definition) is 0. The van der Waals surface area contributed by atoms with E-state index in [-0.39, 0.29) is 11.9 Å². The molecule has 0 bridgehead atoms. The van der Waals surface area contributed by atoms with Crippen LogP contribution in [0.2, 0.25) is 0 Å². The van der Waals surface area contributed by atoms with E-state index >= 15 is 0 Å². The molecule has 22 heavy (non-hydrogen) atoms. The zero-order valence-corrected chi connectivity index (χ0v) is 12.4. The van der Waals surface area contributed by atoms with E-state index in [4.69, 9.17) is 9.78 Å². The molecule has 3 rings (SSSR count). The number of aryl methyl sites for hydroxylation is 1. The minimum absolute atomic E-state index is 0.0978. The lowest BCUT2D eigenvalue weighted by Crippen LogP contribution is -2.24. The first kappa shape index (κ1) is 14.7. The zero-order chi connectivity index (χ0) is 15.5. The Bertz CT molecular complexity index is 706. The van der Waals surface area contributed by atoms with E-state index < -0.39 is 0 Å². The molecule has 1 aliphatic heterocycles. The highest BCUT2D eigenvalue weighted by Gasteiger charge is 2.30. The van der Waals surface area contributed by atoms with Crippen LogP contribution in [-0.2, 0) is 13.0 Å². The van der Waals surface area contributed by atoms with Crippen LogP contribution >= 0.6 is 0 Å². The molecular weight excluding hydrogens is 283 g/mol. The third-order valence-electron chi connectivity index (χ3n) is 4.01. The average molecular weight is 300 g/mol. The Kier molecular flexibility index (Phi) is 4.16. The maximum absolute atomic E-state index is 13.2. The number of benzene rings is 1. The maximum Gasteiger partial charge on any atom is 0.226 e. The fraction of sp³-hybridized carbons (Fsp3) is 0.438. The second kappa shape index (κ2) is 6.24. The molecule has 0 saturated carbocycles. The van der Waals surface area contributed by atoms with E-state index in [2.05, 4.69) is 21.1 Å². The van der Waals surface area contributed by atoms with Gasteiger partial charge < -0.3 is 4.52 Å². The molecule has 2 aromatic rings. The molecule has 0 unspecified atom stereocenters. The normalized spacial score (nSPS) is 18.5. The van der Waals surface area contributed by atoms with Crippen molar-refractivity contribution in [2.75, 3.05) is 6.54 Å². The molecule has 1 saturated heterocycles. The fourth-order valence-corrected chi connectivity index (χ4v) is 2.86. The van der Waals surface area contributed by atoms with E-state index in [1.807, 2.05) is 6.92 Å². The minimum atomic E-state index is -0.385. The number of nitrogens with zero attached hydrogens (tertiary/aromatic N) is 4. The van der Waals surface area contributed by atoms with Crippen LogP contribution in [0.15, 0.2) is 22.7 Å². The Morgan fingerprint density at radius 2 is 2.36 bits per heavy atom. The smallest absolute Gasteiger partial charge is 0.226 e. The van der Waals surface area contributed by atoms with Gasteiger partial charge in [0.25, 0.3) is 0 Å². The van der Waals surface area contributed by atoms with Gasteiger partial charge >= 0.3 is 0 Å². The summed E-state index contributed by atoms with van der Waals surface area (Å²) >= 11 is 0. The van der Waals surface area contributed by atoms with E-state index in [1.54, 1.807) is 6.07 Å². The van der Waals surface area contributed by atoms with E-state index in [0.29, 0.717) is 23.8 Å². The third kappa shape index (κ3) is 2.85. The largest absolute Gasteiger partial charge is 0.339 e. The van der Waals surface area contributed by atoms with Crippen molar-refractivity contribution in [2.24, 2.45) is 0 Å². The van der Waals surface area contributed by atoms with Crippen LogP contribution in [0.4, 0.5) is 4.39 Å². The first-order valence-electron chi connectivity index (χ1n) is 7.46. The van der Waals surface area contributed by atoms with Gasteiger partial charge in [0, 0.05) is 13.0 Å². The Balaban J connectivity index is 1.81. The molecular formula is C16H17FN4O. The molecule has 0 radical (unpaired) electrons. The van der Waals surface area contributed by atoms with Crippen molar-refractivity contribution in [1.82, 2.24) is 15.0 Å². The fourth-order valence-electron chi connectivity index (χ4n) is 2.86. The Hall–Kier alpha value is -2.26. The molecule has 1 aromatic heterocycles. The molecule has 0 N–H and O–H groups in total. The summed E-state index contributed by atoms with van der Waals surface area (Å²) in [4.78, 5) is 6.64. The summed E-state index contributed by atoms with van der Waals surface area (Å²) < 4.78 is 18.4. The summed E-state index contributed by atoms with van der Waals surface area (Å²) in [6, 6.07) is 6.51. The summed E-state index contributed by atoms with van der Waals surface area (Å²) in [5, 5.41) is 13.2. The zero-order valence-electron chi connectivity index (χ0n) is 12.4. The highest BCUT2D eigenvalue weighted by molar-refractivity contribution is 5.38. The highest BCUT2D eigenvalue weighted by atomic mass is 19.1. The maximum atomic E-state index is 13.2. The number of nitriles is 1. The van der Waals surface area contributed by atoms with Gasteiger partial charge in [-0.3, -0.25) is 4.90 Å². The van der Waals surface area contributed by atoms with Crippen LogP contribution in [0.1, 0.15) is 48.6 Å². The number of aromatic nitrogens is 2. The number of hydrogen-bond acceptors (Lipinski definition) is 5. The van der Waals surface area contributed by atoms with Crippen molar-refractivity contribution in [3.63, 3.8) is 0 Å². The van der Waals surface area contributed by atoms with E-state index in [1.165, 1.54) is 12.1 Å². The van der Waals surface area contributed by atoms with Gasteiger partial charge in [0.15, 0.2) is 5.82 Å². The quantitative estimate of drug-likeness (QED) is 0.868. The lowest BCUT2D eigenvalue weighted by Gasteiger charge is -2.22.